The van der Waals surface area contributed by atoms with Gasteiger partial charge in [-0.05, 0) is 5.69 Å². The first-order chi connectivity index (χ1) is 11.5. The monoisotopic (exact) mass is 412 g/mol. The number of hydrogen-bond acceptors (Lipinski definition) is 3. The zero-order valence-electron chi connectivity index (χ0n) is 14.3. The molecular weight excluding hydrogens is 393 g/mol. The van der Waals surface area contributed by atoms with Crippen molar-refractivity contribution in [3.8, 4) is 11.1 Å². The van der Waals surface area contributed by atoms with Crippen LogP contribution in [-0.2, 0) is 42.2 Å². The van der Waals surface area contributed by atoms with E-state index >= 15 is 0 Å². The Hall–Kier alpha value is -1.72. The summed E-state index contributed by atoms with van der Waals surface area (Å²) in [7, 11) is 0. The number of cyclic esters (lactones) is 1. The molecule has 2 aromatic rings. The number of amides is 2. The maximum Gasteiger partial charge on any atom is 3.00 e. The van der Waals surface area contributed by atoms with E-state index in [1.165, 1.54) is 6.92 Å². The molecule has 0 spiro atoms. The molecule has 1 fully saturated rings. The average Bonchev–Trinajstić information content (AvgIpc) is 2.94. The molecule has 1 unspecified atom stereocenters. The molecule has 25 heavy (non-hydrogen) atoms. The van der Waals surface area contributed by atoms with Crippen LogP contribution in [-0.4, -0.2) is 31.2 Å². The van der Waals surface area contributed by atoms with Crippen molar-refractivity contribution in [1.29, 1.82) is 0 Å². The summed E-state index contributed by atoms with van der Waals surface area (Å²) in [5.74, 6) is -0.138. The number of hydrogen-bond donors (Lipinski definition) is 1. The Morgan fingerprint density at radius 3 is 2.72 bits per heavy atom. The van der Waals surface area contributed by atoms with Crippen LogP contribution in [0.5, 0.6) is 0 Å². The largest absolute Gasteiger partial charge is 3.00 e. The van der Waals surface area contributed by atoms with Gasteiger partial charge in [-0.2, -0.15) is 0 Å². The summed E-state index contributed by atoms with van der Waals surface area (Å²) in [6.07, 6.45) is -0.735. The van der Waals surface area contributed by atoms with E-state index in [0.717, 1.165) is 22.4 Å². The number of anilines is 1. The Morgan fingerprint density at radius 1 is 1.36 bits per heavy atom. The van der Waals surface area contributed by atoms with E-state index in [9.17, 15) is 9.59 Å². The molecule has 0 bridgehead atoms. The van der Waals surface area contributed by atoms with Crippen molar-refractivity contribution < 1.29 is 47.0 Å². The Bertz CT molecular complexity index is 765. The minimum atomic E-state index is -0.398. The maximum absolute atomic E-state index is 12.1. The number of nitrogens with zero attached hydrogens (tertiary/aromatic N) is 1. The number of nitrogens with one attached hydrogen (secondary N) is 1. The maximum atomic E-state index is 12.1. The Kier molecular flexibility index (Phi) is 6.74. The van der Waals surface area contributed by atoms with E-state index in [2.05, 4.69) is 11.4 Å². The van der Waals surface area contributed by atoms with Crippen LogP contribution < -0.4 is 10.2 Å². The molecule has 1 aliphatic rings. The molecular formula is C19H19N2O3Y+2. The topological polar surface area (TPSA) is 58.6 Å². The smallest absolute Gasteiger partial charge is 0.443 e. The van der Waals surface area contributed by atoms with Gasteiger partial charge >= 0.3 is 38.8 Å². The predicted molar refractivity (Wildman–Crippen MR) is 91.7 cm³/mol. The first kappa shape index (κ1) is 19.6. The van der Waals surface area contributed by atoms with Crippen molar-refractivity contribution in [2.45, 2.75) is 20.0 Å². The van der Waals surface area contributed by atoms with Crippen LogP contribution in [0, 0.1) is 13.0 Å². The second kappa shape index (κ2) is 8.59. The van der Waals surface area contributed by atoms with Gasteiger partial charge in [-0.15, -0.1) is 29.3 Å². The van der Waals surface area contributed by atoms with Crippen molar-refractivity contribution in [2.24, 2.45) is 0 Å². The predicted octanol–water partition coefficient (Wildman–Crippen LogP) is 2.92. The molecule has 0 aromatic heterocycles. The summed E-state index contributed by atoms with van der Waals surface area (Å²) in [4.78, 5) is 24.6. The standard InChI is InChI=1S/C19H19N2O3.Y/c1-13-10-16(8-9-18(13)15-6-4-3-5-7-15)21-12-17(24-19(21)23)11-20-14(2)22;/h3-8,10,17H,11-12H2,1-2H3,(H,20,22);/q-1;+3. The van der Waals surface area contributed by atoms with Crippen LogP contribution >= 0.6 is 0 Å². The van der Waals surface area contributed by atoms with Gasteiger partial charge in [0.15, 0.2) is 0 Å². The normalized spacial score (nSPS) is 16.2. The molecule has 124 valence electrons. The van der Waals surface area contributed by atoms with Crippen molar-refractivity contribution in [3.63, 3.8) is 0 Å². The fourth-order valence-corrected chi connectivity index (χ4v) is 2.76. The summed E-state index contributed by atoms with van der Waals surface area (Å²) in [5.41, 5.74) is 3.90. The molecule has 1 atom stereocenters. The number of aryl methyl sites for hydroxylation is 1. The molecule has 0 aliphatic carbocycles. The molecule has 5 nitrogen and oxygen atoms in total. The summed E-state index contributed by atoms with van der Waals surface area (Å²) < 4.78 is 5.29. The van der Waals surface area contributed by atoms with E-state index in [0.29, 0.717) is 13.1 Å². The average molecular weight is 412 g/mol. The number of benzene rings is 2. The van der Waals surface area contributed by atoms with E-state index in [1.54, 1.807) is 11.0 Å². The van der Waals surface area contributed by atoms with Gasteiger partial charge in [0.25, 0.3) is 0 Å². The van der Waals surface area contributed by atoms with E-state index in [1.807, 2.05) is 43.3 Å². The molecule has 1 saturated heterocycles. The third-order valence-electron chi connectivity index (χ3n) is 3.95. The molecule has 1 N–H and O–H groups in total. The van der Waals surface area contributed by atoms with Crippen molar-refractivity contribution in [2.75, 3.05) is 18.0 Å². The molecule has 0 saturated carbocycles. The first-order valence-electron chi connectivity index (χ1n) is 7.85. The van der Waals surface area contributed by atoms with Gasteiger partial charge in [0.2, 0.25) is 5.91 Å². The Balaban J connectivity index is 0.00000225. The SMILES string of the molecule is CC(=O)NCC1CN(c2c[c-]c(-c3ccccc3)c(C)c2)C(=O)O1.[Y+3]. The van der Waals surface area contributed by atoms with Gasteiger partial charge in [0.1, 0.15) is 6.10 Å². The Morgan fingerprint density at radius 2 is 2.08 bits per heavy atom. The quantitative estimate of drug-likeness (QED) is 0.786. The van der Waals surface area contributed by atoms with E-state index < -0.39 is 6.09 Å². The van der Waals surface area contributed by atoms with Crippen LogP contribution in [0.3, 0.4) is 0 Å². The zero-order valence-corrected chi connectivity index (χ0v) is 17.1. The molecule has 2 amide bonds. The molecule has 2 aromatic carbocycles. The van der Waals surface area contributed by atoms with Gasteiger partial charge in [0, 0.05) is 6.92 Å². The summed E-state index contributed by atoms with van der Waals surface area (Å²) in [6, 6.07) is 17.0. The summed E-state index contributed by atoms with van der Waals surface area (Å²) >= 11 is 0. The van der Waals surface area contributed by atoms with Crippen LogP contribution in [0.15, 0.2) is 42.5 Å². The van der Waals surface area contributed by atoms with Gasteiger partial charge < -0.3 is 15.0 Å². The number of rotatable bonds is 4. The third-order valence-corrected chi connectivity index (χ3v) is 3.95. The van der Waals surface area contributed by atoms with Gasteiger partial charge in [-0.3, -0.25) is 4.79 Å². The van der Waals surface area contributed by atoms with Crippen LogP contribution in [0.4, 0.5) is 10.5 Å². The number of carbonyl (C=O) groups is 2. The van der Waals surface area contributed by atoms with Crippen molar-refractivity contribution in [3.05, 3.63) is 54.1 Å². The van der Waals surface area contributed by atoms with Gasteiger partial charge in [-0.1, -0.05) is 42.8 Å². The van der Waals surface area contributed by atoms with E-state index in [-0.39, 0.29) is 44.7 Å². The molecule has 0 radical (unpaired) electrons. The molecule has 6 heteroatoms. The first-order valence-corrected chi connectivity index (χ1v) is 7.85. The second-order valence-electron chi connectivity index (χ2n) is 5.84. The van der Waals surface area contributed by atoms with Gasteiger partial charge in [-0.25, -0.2) is 4.79 Å². The van der Waals surface area contributed by atoms with Crippen molar-refractivity contribution in [1.82, 2.24) is 5.32 Å². The summed E-state index contributed by atoms with van der Waals surface area (Å²) in [6.45, 7) is 4.17. The minimum Gasteiger partial charge on any atom is -0.443 e. The third kappa shape index (κ3) is 4.68. The van der Waals surface area contributed by atoms with Crippen LogP contribution in [0.2, 0.25) is 0 Å². The molecule has 1 heterocycles. The van der Waals surface area contributed by atoms with Gasteiger partial charge in [0.05, 0.1) is 13.1 Å². The molecule has 1 aliphatic heterocycles. The second-order valence-corrected chi connectivity index (χ2v) is 5.84. The van der Waals surface area contributed by atoms with Crippen molar-refractivity contribution >= 4 is 17.7 Å². The Labute approximate surface area is 172 Å². The summed E-state index contributed by atoms with van der Waals surface area (Å²) in [5, 5.41) is 2.67. The molecule has 3 rings (SSSR count). The van der Waals surface area contributed by atoms with Crippen LogP contribution in [0.25, 0.3) is 11.1 Å². The fraction of sp³-hybridized carbons (Fsp3) is 0.263. The van der Waals surface area contributed by atoms with E-state index in [4.69, 9.17) is 4.74 Å². The zero-order chi connectivity index (χ0) is 17.1. The van der Waals surface area contributed by atoms with Crippen LogP contribution in [0.1, 0.15) is 12.5 Å². The number of carbonyl (C=O) groups excluding carboxylic acids is 2. The number of ether oxygens (including phenoxy) is 1. The fourth-order valence-electron chi connectivity index (χ4n) is 2.76. The minimum absolute atomic E-state index is 0.